The Hall–Kier alpha value is -0.0800. The van der Waals surface area contributed by atoms with Gasteiger partial charge in [-0.3, -0.25) is 9.80 Å². The van der Waals surface area contributed by atoms with Crippen LogP contribution in [0.15, 0.2) is 0 Å². The van der Waals surface area contributed by atoms with Crippen molar-refractivity contribution in [1.82, 2.24) is 9.80 Å². The normalized spacial score (nSPS) is 24.8. The molecule has 0 bridgehead atoms. The van der Waals surface area contributed by atoms with E-state index >= 15 is 0 Å². The molecule has 2 heteroatoms. The third-order valence-corrected chi connectivity index (χ3v) is 6.11. The van der Waals surface area contributed by atoms with E-state index < -0.39 is 0 Å². The van der Waals surface area contributed by atoms with Crippen molar-refractivity contribution in [2.24, 2.45) is 11.8 Å². The maximum atomic E-state index is 2.67. The molecular weight excluding hydrogens is 268 g/mol. The molecule has 0 unspecified atom stereocenters. The monoisotopic (exact) mass is 308 g/mol. The Labute approximate surface area is 139 Å². The van der Waals surface area contributed by atoms with Crippen LogP contribution < -0.4 is 0 Å². The molecular formula is C20H40N2. The minimum atomic E-state index is 0.366. The van der Waals surface area contributed by atoms with E-state index in [1.54, 1.807) is 0 Å². The Balaban J connectivity index is 1.64. The molecule has 2 aliphatic rings. The van der Waals surface area contributed by atoms with Gasteiger partial charge in [0.15, 0.2) is 0 Å². The van der Waals surface area contributed by atoms with Gasteiger partial charge in [-0.05, 0) is 105 Å². The molecule has 0 spiro atoms. The average molecular weight is 309 g/mol. The molecule has 0 aliphatic carbocycles. The van der Waals surface area contributed by atoms with Crippen LogP contribution in [0.1, 0.15) is 80.1 Å². The summed E-state index contributed by atoms with van der Waals surface area (Å²) in [5.41, 5.74) is 0.732. The Morgan fingerprint density at radius 3 is 1.09 bits per heavy atom. The molecule has 0 saturated carbocycles. The third kappa shape index (κ3) is 5.23. The van der Waals surface area contributed by atoms with Crippen LogP contribution in [0.5, 0.6) is 0 Å². The van der Waals surface area contributed by atoms with Gasteiger partial charge in [0.25, 0.3) is 0 Å². The van der Waals surface area contributed by atoms with Crippen LogP contribution in [0, 0.1) is 11.8 Å². The van der Waals surface area contributed by atoms with Gasteiger partial charge >= 0.3 is 0 Å². The first-order chi connectivity index (χ1) is 10.2. The second kappa shape index (κ2) is 7.21. The number of piperidine rings is 2. The minimum Gasteiger partial charge on any atom is -0.298 e. The fraction of sp³-hybridized carbons (Fsp3) is 1.00. The third-order valence-electron chi connectivity index (χ3n) is 6.11. The van der Waals surface area contributed by atoms with E-state index in [0.29, 0.717) is 11.1 Å². The second-order valence-corrected chi connectivity index (χ2v) is 9.78. The molecule has 0 radical (unpaired) electrons. The average Bonchev–Trinajstić information content (AvgIpc) is 2.44. The lowest BCUT2D eigenvalue weighted by Crippen LogP contribution is -2.46. The van der Waals surface area contributed by atoms with Gasteiger partial charge in [0.05, 0.1) is 0 Å². The lowest BCUT2D eigenvalue weighted by molar-refractivity contribution is 0.0713. The summed E-state index contributed by atoms with van der Waals surface area (Å²) in [6.45, 7) is 19.4. The summed E-state index contributed by atoms with van der Waals surface area (Å²) in [4.78, 5) is 5.34. The van der Waals surface area contributed by atoms with Crippen molar-refractivity contribution in [1.29, 1.82) is 0 Å². The molecule has 2 heterocycles. The van der Waals surface area contributed by atoms with E-state index in [4.69, 9.17) is 0 Å². The van der Waals surface area contributed by atoms with Gasteiger partial charge in [0.1, 0.15) is 0 Å². The van der Waals surface area contributed by atoms with Gasteiger partial charge < -0.3 is 0 Å². The quantitative estimate of drug-likeness (QED) is 0.740. The summed E-state index contributed by atoms with van der Waals surface area (Å²) in [6.07, 6.45) is 8.68. The molecule has 0 aromatic carbocycles. The maximum absolute atomic E-state index is 2.67. The van der Waals surface area contributed by atoms with Crippen molar-refractivity contribution in [3.63, 3.8) is 0 Å². The lowest BCUT2D eigenvalue weighted by atomic mass is 9.84. The first-order valence-electron chi connectivity index (χ1n) is 9.66. The minimum absolute atomic E-state index is 0.366. The van der Waals surface area contributed by atoms with E-state index in [1.165, 1.54) is 64.7 Å². The largest absolute Gasteiger partial charge is 0.298 e. The highest BCUT2D eigenvalue weighted by Crippen LogP contribution is 2.31. The van der Waals surface area contributed by atoms with Crippen molar-refractivity contribution in [2.75, 3.05) is 26.2 Å². The predicted molar refractivity (Wildman–Crippen MR) is 97.3 cm³/mol. The van der Waals surface area contributed by atoms with Gasteiger partial charge in [0, 0.05) is 11.1 Å². The van der Waals surface area contributed by atoms with Gasteiger partial charge in [0.2, 0.25) is 0 Å². The second-order valence-electron chi connectivity index (χ2n) is 9.78. The van der Waals surface area contributed by atoms with Crippen LogP contribution in [0.4, 0.5) is 0 Å². The van der Waals surface area contributed by atoms with E-state index in [1.807, 2.05) is 0 Å². The molecule has 2 aliphatic heterocycles. The van der Waals surface area contributed by atoms with Gasteiger partial charge in [-0.15, -0.1) is 0 Å². The summed E-state index contributed by atoms with van der Waals surface area (Å²) in [5, 5.41) is 0. The van der Waals surface area contributed by atoms with Crippen molar-refractivity contribution < 1.29 is 0 Å². The fourth-order valence-electron chi connectivity index (χ4n) is 4.26. The topological polar surface area (TPSA) is 6.48 Å². The molecule has 130 valence electrons. The van der Waals surface area contributed by atoms with E-state index in [0.717, 1.165) is 11.8 Å². The SMILES string of the molecule is CC(C)(C)N1CCC(CCC2CCN(C(C)(C)C)CC2)CC1. The summed E-state index contributed by atoms with van der Waals surface area (Å²) in [7, 11) is 0. The Morgan fingerprint density at radius 1 is 0.591 bits per heavy atom. The van der Waals surface area contributed by atoms with Crippen molar-refractivity contribution in [3.8, 4) is 0 Å². The number of likely N-dealkylation sites (tertiary alicyclic amines) is 2. The van der Waals surface area contributed by atoms with Crippen LogP contribution in [-0.4, -0.2) is 47.1 Å². The molecule has 2 fully saturated rings. The number of hydrogen-bond acceptors (Lipinski definition) is 2. The molecule has 22 heavy (non-hydrogen) atoms. The highest BCUT2D eigenvalue weighted by molar-refractivity contribution is 4.84. The van der Waals surface area contributed by atoms with Gasteiger partial charge in [-0.25, -0.2) is 0 Å². The molecule has 0 aromatic heterocycles. The maximum Gasteiger partial charge on any atom is 0.0125 e. The van der Waals surface area contributed by atoms with Gasteiger partial charge in [-0.1, -0.05) is 12.8 Å². The molecule has 2 nitrogen and oxygen atoms in total. The number of rotatable bonds is 3. The molecule has 0 aromatic rings. The smallest absolute Gasteiger partial charge is 0.0125 e. The summed E-state index contributed by atoms with van der Waals surface area (Å²) in [6, 6.07) is 0. The van der Waals surface area contributed by atoms with Crippen molar-refractivity contribution >= 4 is 0 Å². The molecule has 0 amide bonds. The van der Waals surface area contributed by atoms with Crippen molar-refractivity contribution in [2.45, 2.75) is 91.1 Å². The van der Waals surface area contributed by atoms with Crippen LogP contribution in [-0.2, 0) is 0 Å². The zero-order valence-corrected chi connectivity index (χ0v) is 16.1. The fourth-order valence-corrected chi connectivity index (χ4v) is 4.26. The highest BCUT2D eigenvalue weighted by Gasteiger charge is 2.29. The first kappa shape index (κ1) is 18.3. The Morgan fingerprint density at radius 2 is 0.864 bits per heavy atom. The molecule has 2 saturated heterocycles. The molecule has 0 atom stereocenters. The van der Waals surface area contributed by atoms with Crippen LogP contribution >= 0.6 is 0 Å². The highest BCUT2D eigenvalue weighted by atomic mass is 15.2. The van der Waals surface area contributed by atoms with E-state index in [2.05, 4.69) is 51.3 Å². The van der Waals surface area contributed by atoms with E-state index in [9.17, 15) is 0 Å². The lowest BCUT2D eigenvalue weighted by Gasteiger charge is -2.42. The van der Waals surface area contributed by atoms with Crippen LogP contribution in [0.3, 0.4) is 0 Å². The van der Waals surface area contributed by atoms with Crippen molar-refractivity contribution in [3.05, 3.63) is 0 Å². The number of nitrogens with zero attached hydrogens (tertiary/aromatic N) is 2. The first-order valence-corrected chi connectivity index (χ1v) is 9.66. The standard InChI is InChI=1S/C20H40N2/c1-19(2,3)21-13-9-17(10-14-21)7-8-18-11-15-22(16-12-18)20(4,5)6/h17-18H,7-16H2,1-6H3. The van der Waals surface area contributed by atoms with Crippen LogP contribution in [0.25, 0.3) is 0 Å². The summed E-state index contributed by atoms with van der Waals surface area (Å²) < 4.78 is 0. The summed E-state index contributed by atoms with van der Waals surface area (Å²) in [5.74, 6) is 2.00. The van der Waals surface area contributed by atoms with E-state index in [-0.39, 0.29) is 0 Å². The Bertz CT molecular complexity index is 287. The Kier molecular flexibility index (Phi) is 5.99. The van der Waals surface area contributed by atoms with Gasteiger partial charge in [-0.2, -0.15) is 0 Å². The molecule has 0 N–H and O–H groups in total. The summed E-state index contributed by atoms with van der Waals surface area (Å²) >= 11 is 0. The number of hydrogen-bond donors (Lipinski definition) is 0. The molecule has 2 rings (SSSR count). The predicted octanol–water partition coefficient (Wildman–Crippen LogP) is 4.79. The zero-order valence-electron chi connectivity index (χ0n) is 16.1. The zero-order chi connectivity index (χ0) is 16.4. The van der Waals surface area contributed by atoms with Crippen LogP contribution in [0.2, 0.25) is 0 Å².